The van der Waals surface area contributed by atoms with Crippen LogP contribution in [-0.4, -0.2) is 120 Å². The Morgan fingerprint density at radius 3 is 2.08 bits per heavy atom. The summed E-state index contributed by atoms with van der Waals surface area (Å²) in [5.41, 5.74) is -0.623. The number of hydrogen-bond donors (Lipinski definition) is 2. The van der Waals surface area contributed by atoms with Gasteiger partial charge in [-0.2, -0.15) is 0 Å². The number of hydrogen-bond acceptors (Lipinski definition) is 9. The first-order chi connectivity index (χ1) is 24.8. The van der Waals surface area contributed by atoms with Crippen molar-refractivity contribution in [3.63, 3.8) is 0 Å². The maximum atomic E-state index is 14.3. The molecule has 5 amide bonds. The molecule has 294 valence electrons. The number of benzene rings is 1. The minimum Gasteiger partial charge on any atom is -0.460 e. The highest BCUT2D eigenvalue weighted by molar-refractivity contribution is 5.97. The molecule has 2 aliphatic rings. The van der Waals surface area contributed by atoms with E-state index in [1.807, 2.05) is 37.3 Å². The highest BCUT2D eigenvalue weighted by Gasteiger charge is 2.45. The van der Waals surface area contributed by atoms with E-state index < -0.39 is 95.7 Å². The van der Waals surface area contributed by atoms with Crippen LogP contribution in [0.2, 0.25) is 0 Å². The number of esters is 2. The Balaban J connectivity index is 2.08. The lowest BCUT2D eigenvalue weighted by atomic mass is 9.84. The van der Waals surface area contributed by atoms with Gasteiger partial charge in [0.25, 0.3) is 5.91 Å². The molecule has 14 nitrogen and oxygen atoms in total. The van der Waals surface area contributed by atoms with Gasteiger partial charge >= 0.3 is 11.9 Å². The summed E-state index contributed by atoms with van der Waals surface area (Å²) in [5, 5.41) is 5.29. The molecule has 0 radical (unpaired) electrons. The van der Waals surface area contributed by atoms with Crippen molar-refractivity contribution in [3.05, 3.63) is 35.9 Å². The summed E-state index contributed by atoms with van der Waals surface area (Å²) >= 11 is 0. The SMILES string of the molecule is CCC[C@@H]1OC(=O)CNC(=O)[C@@H](Cc2ccccc2)N(C)C(=O)[C@@H]2CCCN2C(=O)[C@H](C(C)C)N(C)C(=O)[C@H](C)NC(=O)[C@H](C(C)C)OC(=O)C1(C)C. The van der Waals surface area contributed by atoms with Crippen LogP contribution in [0.5, 0.6) is 0 Å². The smallest absolute Gasteiger partial charge is 0.325 e. The molecular weight excluding hydrogens is 682 g/mol. The van der Waals surface area contributed by atoms with Gasteiger partial charge in [0.15, 0.2) is 6.10 Å². The summed E-state index contributed by atoms with van der Waals surface area (Å²) in [5.74, 6) is -5.15. The summed E-state index contributed by atoms with van der Waals surface area (Å²) in [6.45, 7) is 13.2. The number of nitrogens with one attached hydrogen (secondary N) is 2. The Hall–Kier alpha value is -4.49. The molecule has 0 saturated carbocycles. The Bertz CT molecular complexity index is 1500. The zero-order valence-electron chi connectivity index (χ0n) is 33.0. The molecule has 2 N–H and O–H groups in total. The highest BCUT2D eigenvalue weighted by Crippen LogP contribution is 2.31. The molecule has 2 fully saturated rings. The monoisotopic (exact) mass is 741 g/mol. The van der Waals surface area contributed by atoms with E-state index in [4.69, 9.17) is 9.47 Å². The first-order valence-electron chi connectivity index (χ1n) is 18.7. The maximum Gasteiger partial charge on any atom is 0.325 e. The van der Waals surface area contributed by atoms with Gasteiger partial charge in [-0.05, 0) is 57.4 Å². The zero-order valence-corrected chi connectivity index (χ0v) is 33.0. The van der Waals surface area contributed by atoms with E-state index in [-0.39, 0.29) is 18.9 Å². The first-order valence-corrected chi connectivity index (χ1v) is 18.7. The van der Waals surface area contributed by atoms with Crippen LogP contribution < -0.4 is 10.6 Å². The third-order valence-corrected chi connectivity index (χ3v) is 10.2. The molecule has 2 saturated heterocycles. The topological polar surface area (TPSA) is 172 Å². The van der Waals surface area contributed by atoms with E-state index in [9.17, 15) is 33.6 Å². The molecule has 0 aromatic heterocycles. The molecule has 0 spiro atoms. The zero-order chi connectivity index (χ0) is 39.8. The van der Waals surface area contributed by atoms with Crippen LogP contribution in [0, 0.1) is 17.3 Å². The van der Waals surface area contributed by atoms with Crippen LogP contribution in [0.4, 0.5) is 0 Å². The van der Waals surface area contributed by atoms with Crippen LogP contribution in [0.15, 0.2) is 30.3 Å². The number of likely N-dealkylation sites (N-methyl/N-ethyl adjacent to an activating group) is 2. The Kier molecular flexibility index (Phi) is 15.0. The number of nitrogens with zero attached hydrogens (tertiary/aromatic N) is 3. The minimum absolute atomic E-state index is 0.133. The second kappa shape index (κ2) is 18.5. The Morgan fingerprint density at radius 2 is 1.49 bits per heavy atom. The van der Waals surface area contributed by atoms with Crippen molar-refractivity contribution in [1.29, 1.82) is 0 Å². The minimum atomic E-state index is -1.40. The fourth-order valence-electron chi connectivity index (χ4n) is 6.98. The molecule has 6 atom stereocenters. The number of carbonyl (C=O) groups excluding carboxylic acids is 7. The first kappa shape index (κ1) is 42.9. The number of cyclic esters (lactones) is 2. The fourth-order valence-corrected chi connectivity index (χ4v) is 6.98. The van der Waals surface area contributed by atoms with Crippen molar-refractivity contribution in [2.75, 3.05) is 27.2 Å². The Labute approximate surface area is 313 Å². The quantitative estimate of drug-likeness (QED) is 0.416. The van der Waals surface area contributed by atoms with Gasteiger partial charge in [-0.15, -0.1) is 0 Å². The third kappa shape index (κ3) is 10.3. The predicted octanol–water partition coefficient (Wildman–Crippen LogP) is 2.47. The van der Waals surface area contributed by atoms with Crippen LogP contribution in [0.1, 0.15) is 86.6 Å². The van der Waals surface area contributed by atoms with Crippen molar-refractivity contribution in [2.45, 2.75) is 124 Å². The average molecular weight is 742 g/mol. The average Bonchev–Trinajstić information content (AvgIpc) is 3.60. The van der Waals surface area contributed by atoms with E-state index in [0.29, 0.717) is 25.7 Å². The molecule has 3 rings (SSSR count). The van der Waals surface area contributed by atoms with E-state index in [0.717, 1.165) is 5.56 Å². The van der Waals surface area contributed by atoms with Crippen molar-refractivity contribution in [2.24, 2.45) is 17.3 Å². The number of rotatable bonds is 6. The standard InChI is InChI=1S/C39H59N5O9/c1-11-16-29-39(7,8)38(51)53-32(24(4)5)34(47)41-25(6)35(48)43(10)31(23(2)3)37(50)44-20-15-19-27(44)36(49)42(9)28(21-26-17-13-12-14-18-26)33(46)40-22-30(45)52-29/h12-14,17-18,23-25,27-29,31-32H,11,15-16,19-22H2,1-10H3,(H,40,46)(H,41,47)/t25-,27-,28+,29-,31-,32-/m0/s1. The molecule has 14 heteroatoms. The van der Waals surface area contributed by atoms with Crippen molar-refractivity contribution >= 4 is 41.5 Å². The number of carbonyl (C=O) groups is 7. The van der Waals surface area contributed by atoms with Gasteiger partial charge < -0.3 is 34.8 Å². The maximum absolute atomic E-state index is 14.3. The number of ether oxygens (including phenoxy) is 2. The summed E-state index contributed by atoms with van der Waals surface area (Å²) in [6.07, 6.45) is -0.373. The molecule has 0 bridgehead atoms. The molecular formula is C39H59N5O9. The van der Waals surface area contributed by atoms with E-state index in [1.165, 1.54) is 35.7 Å². The summed E-state index contributed by atoms with van der Waals surface area (Å²) in [6, 6.07) is 5.13. The van der Waals surface area contributed by atoms with Crippen molar-refractivity contribution in [3.8, 4) is 0 Å². The van der Waals surface area contributed by atoms with Gasteiger partial charge in [-0.3, -0.25) is 33.6 Å². The predicted molar refractivity (Wildman–Crippen MR) is 197 cm³/mol. The molecule has 2 heterocycles. The van der Waals surface area contributed by atoms with Crippen molar-refractivity contribution in [1.82, 2.24) is 25.3 Å². The summed E-state index contributed by atoms with van der Waals surface area (Å²) < 4.78 is 11.5. The highest BCUT2D eigenvalue weighted by atomic mass is 16.6. The van der Waals surface area contributed by atoms with Gasteiger partial charge in [0.05, 0.1) is 5.41 Å². The second-order valence-corrected chi connectivity index (χ2v) is 15.5. The molecule has 2 aliphatic heterocycles. The van der Waals surface area contributed by atoms with Gasteiger partial charge in [0, 0.05) is 27.1 Å². The second-order valence-electron chi connectivity index (χ2n) is 15.5. The van der Waals surface area contributed by atoms with Gasteiger partial charge in [0.1, 0.15) is 36.8 Å². The van der Waals surface area contributed by atoms with Crippen LogP contribution >= 0.6 is 0 Å². The van der Waals surface area contributed by atoms with Crippen LogP contribution in [0.3, 0.4) is 0 Å². The number of fused-ring (bicyclic) bond motifs is 1. The lowest BCUT2D eigenvalue weighted by Gasteiger charge is -2.38. The normalized spacial score (nSPS) is 27.5. The molecule has 1 aromatic carbocycles. The largest absolute Gasteiger partial charge is 0.460 e. The fraction of sp³-hybridized carbons (Fsp3) is 0.667. The van der Waals surface area contributed by atoms with Gasteiger partial charge in [0.2, 0.25) is 23.6 Å². The van der Waals surface area contributed by atoms with Gasteiger partial charge in [-0.1, -0.05) is 71.4 Å². The third-order valence-electron chi connectivity index (χ3n) is 10.2. The van der Waals surface area contributed by atoms with Crippen LogP contribution in [0.25, 0.3) is 0 Å². The molecule has 53 heavy (non-hydrogen) atoms. The van der Waals surface area contributed by atoms with E-state index >= 15 is 0 Å². The summed E-state index contributed by atoms with van der Waals surface area (Å²) in [7, 11) is 2.99. The summed E-state index contributed by atoms with van der Waals surface area (Å²) in [4.78, 5) is 101. The lowest BCUT2D eigenvalue weighted by Crippen LogP contribution is -2.60. The Morgan fingerprint density at radius 1 is 0.849 bits per heavy atom. The van der Waals surface area contributed by atoms with Crippen molar-refractivity contribution < 1.29 is 43.0 Å². The number of amides is 5. The van der Waals surface area contributed by atoms with Crippen LogP contribution in [-0.2, 0) is 49.5 Å². The van der Waals surface area contributed by atoms with E-state index in [1.54, 1.807) is 41.5 Å². The molecule has 0 unspecified atom stereocenters. The molecule has 1 aromatic rings. The van der Waals surface area contributed by atoms with Gasteiger partial charge in [-0.25, -0.2) is 0 Å². The molecule has 0 aliphatic carbocycles. The lowest BCUT2D eigenvalue weighted by molar-refractivity contribution is -0.179. The van der Waals surface area contributed by atoms with E-state index in [2.05, 4.69) is 10.6 Å².